The monoisotopic (exact) mass is 258 g/mol. The molecular weight excluding hydrogens is 236 g/mol. The van der Waals surface area contributed by atoms with Gasteiger partial charge in [-0.1, -0.05) is 31.4 Å². The normalized spacial score (nSPS) is 17.7. The van der Waals surface area contributed by atoms with Crippen molar-refractivity contribution in [2.45, 2.75) is 38.1 Å². The molecule has 0 radical (unpaired) electrons. The highest BCUT2D eigenvalue weighted by atomic mass is 16.5. The third-order valence-corrected chi connectivity index (χ3v) is 3.91. The Morgan fingerprint density at radius 2 is 1.95 bits per heavy atom. The Balaban J connectivity index is 1.89. The quantitative estimate of drug-likeness (QED) is 0.880. The first-order valence-electron chi connectivity index (χ1n) is 7.10. The van der Waals surface area contributed by atoms with Crippen molar-refractivity contribution in [2.24, 2.45) is 5.92 Å². The Morgan fingerprint density at radius 3 is 2.53 bits per heavy atom. The maximum atomic E-state index is 9.29. The number of rotatable bonds is 5. The number of nitrogens with one attached hydrogen (secondary N) is 1. The van der Waals surface area contributed by atoms with E-state index in [1.54, 1.807) is 7.11 Å². The minimum Gasteiger partial charge on any atom is -0.497 e. The van der Waals surface area contributed by atoms with E-state index < -0.39 is 0 Å². The summed E-state index contributed by atoms with van der Waals surface area (Å²) in [5.74, 6) is 1.57. The van der Waals surface area contributed by atoms with Gasteiger partial charge in [-0.3, -0.25) is 5.32 Å². The molecular formula is C16H22N2O. The fourth-order valence-corrected chi connectivity index (χ4v) is 2.71. The summed E-state index contributed by atoms with van der Waals surface area (Å²) in [5, 5.41) is 12.7. The van der Waals surface area contributed by atoms with Gasteiger partial charge in [0.25, 0.3) is 0 Å². The maximum Gasteiger partial charge on any atom is 0.121 e. The van der Waals surface area contributed by atoms with Crippen LogP contribution in [0.1, 0.15) is 43.7 Å². The molecule has 0 bridgehead atoms. The summed E-state index contributed by atoms with van der Waals surface area (Å²) in [4.78, 5) is 0. The van der Waals surface area contributed by atoms with E-state index in [0.717, 1.165) is 23.8 Å². The highest BCUT2D eigenvalue weighted by molar-refractivity contribution is 5.31. The fourth-order valence-electron chi connectivity index (χ4n) is 2.71. The summed E-state index contributed by atoms with van der Waals surface area (Å²) in [5.41, 5.74) is 1.01. The number of benzene rings is 1. The Kier molecular flexibility index (Phi) is 5.23. The summed E-state index contributed by atoms with van der Waals surface area (Å²) >= 11 is 0. The van der Waals surface area contributed by atoms with Gasteiger partial charge in [-0.15, -0.1) is 0 Å². The standard InChI is InChI=1S/C16H22N2O/c1-19-15-9-7-14(8-10-15)16(11-17)18-12-13-5-3-2-4-6-13/h7-10,13,16,18H,2-6,12H2,1H3. The van der Waals surface area contributed by atoms with Crippen LogP contribution in [0.3, 0.4) is 0 Å². The van der Waals surface area contributed by atoms with Crippen LogP contribution in [0.4, 0.5) is 0 Å². The summed E-state index contributed by atoms with van der Waals surface area (Å²) in [7, 11) is 1.65. The maximum absolute atomic E-state index is 9.29. The van der Waals surface area contributed by atoms with Crippen molar-refractivity contribution in [3.8, 4) is 11.8 Å². The van der Waals surface area contributed by atoms with Crippen molar-refractivity contribution in [1.29, 1.82) is 5.26 Å². The fraction of sp³-hybridized carbons (Fsp3) is 0.562. The second-order valence-electron chi connectivity index (χ2n) is 5.25. The number of nitrogens with zero attached hydrogens (tertiary/aromatic N) is 1. The average Bonchev–Trinajstić information content (AvgIpc) is 2.49. The first kappa shape index (κ1) is 13.9. The smallest absolute Gasteiger partial charge is 0.121 e. The van der Waals surface area contributed by atoms with E-state index in [1.807, 2.05) is 24.3 Å². The first-order valence-corrected chi connectivity index (χ1v) is 7.10. The zero-order valence-electron chi connectivity index (χ0n) is 11.6. The zero-order chi connectivity index (χ0) is 13.5. The van der Waals surface area contributed by atoms with Crippen LogP contribution in [0.15, 0.2) is 24.3 Å². The molecule has 1 aromatic rings. The van der Waals surface area contributed by atoms with Gasteiger partial charge in [-0.25, -0.2) is 0 Å². The van der Waals surface area contributed by atoms with Crippen molar-refractivity contribution in [2.75, 3.05) is 13.7 Å². The molecule has 1 atom stereocenters. The molecule has 1 aromatic carbocycles. The van der Waals surface area contributed by atoms with Crippen LogP contribution >= 0.6 is 0 Å². The lowest BCUT2D eigenvalue weighted by Gasteiger charge is -2.23. The Bertz CT molecular complexity index is 415. The first-order chi connectivity index (χ1) is 9.33. The molecule has 1 fully saturated rings. The van der Waals surface area contributed by atoms with Crippen molar-refractivity contribution in [1.82, 2.24) is 5.32 Å². The molecule has 102 valence electrons. The molecule has 1 aliphatic carbocycles. The predicted octanol–water partition coefficient (Wildman–Crippen LogP) is 3.43. The number of hydrogen-bond donors (Lipinski definition) is 1. The van der Waals surface area contributed by atoms with E-state index in [2.05, 4.69) is 11.4 Å². The van der Waals surface area contributed by atoms with E-state index in [-0.39, 0.29) is 6.04 Å². The molecule has 1 unspecified atom stereocenters. The van der Waals surface area contributed by atoms with Crippen LogP contribution < -0.4 is 10.1 Å². The Morgan fingerprint density at radius 1 is 1.26 bits per heavy atom. The van der Waals surface area contributed by atoms with Crippen molar-refractivity contribution >= 4 is 0 Å². The van der Waals surface area contributed by atoms with Gasteiger partial charge in [0.1, 0.15) is 11.8 Å². The molecule has 0 amide bonds. The third-order valence-electron chi connectivity index (χ3n) is 3.91. The van der Waals surface area contributed by atoms with Gasteiger partial charge in [0.2, 0.25) is 0 Å². The van der Waals surface area contributed by atoms with Crippen molar-refractivity contribution < 1.29 is 4.74 Å². The van der Waals surface area contributed by atoms with Crippen LogP contribution in [0.5, 0.6) is 5.75 Å². The van der Waals surface area contributed by atoms with E-state index in [1.165, 1.54) is 32.1 Å². The number of methoxy groups -OCH3 is 1. The van der Waals surface area contributed by atoms with Crippen LogP contribution in [0, 0.1) is 17.2 Å². The van der Waals surface area contributed by atoms with E-state index in [0.29, 0.717) is 0 Å². The molecule has 3 nitrogen and oxygen atoms in total. The average molecular weight is 258 g/mol. The molecule has 0 aliphatic heterocycles. The second kappa shape index (κ2) is 7.16. The second-order valence-corrected chi connectivity index (χ2v) is 5.25. The van der Waals surface area contributed by atoms with E-state index in [4.69, 9.17) is 4.74 Å². The van der Waals surface area contributed by atoms with Crippen LogP contribution in [0.25, 0.3) is 0 Å². The number of nitriles is 1. The molecule has 0 aromatic heterocycles. The van der Waals surface area contributed by atoms with Crippen molar-refractivity contribution in [3.05, 3.63) is 29.8 Å². The summed E-state index contributed by atoms with van der Waals surface area (Å²) < 4.78 is 5.13. The molecule has 0 heterocycles. The Labute approximate surface area is 115 Å². The van der Waals surface area contributed by atoms with Gasteiger partial charge in [-0.05, 0) is 43.0 Å². The lowest BCUT2D eigenvalue weighted by molar-refractivity contribution is 0.337. The van der Waals surface area contributed by atoms with Gasteiger partial charge >= 0.3 is 0 Å². The summed E-state index contributed by atoms with van der Waals surface area (Å²) in [6.07, 6.45) is 6.65. The minimum absolute atomic E-state index is 0.215. The van der Waals surface area contributed by atoms with Crippen LogP contribution in [-0.4, -0.2) is 13.7 Å². The van der Waals surface area contributed by atoms with Gasteiger partial charge < -0.3 is 4.74 Å². The third kappa shape index (κ3) is 3.97. The largest absolute Gasteiger partial charge is 0.497 e. The predicted molar refractivity (Wildman–Crippen MR) is 75.9 cm³/mol. The molecule has 1 saturated carbocycles. The minimum atomic E-state index is -0.215. The topological polar surface area (TPSA) is 45.0 Å². The zero-order valence-corrected chi connectivity index (χ0v) is 11.6. The summed E-state index contributed by atoms with van der Waals surface area (Å²) in [6, 6.07) is 9.86. The molecule has 3 heteroatoms. The van der Waals surface area contributed by atoms with Gasteiger partial charge in [0.15, 0.2) is 0 Å². The van der Waals surface area contributed by atoms with Crippen LogP contribution in [0.2, 0.25) is 0 Å². The van der Waals surface area contributed by atoms with Gasteiger partial charge in [0.05, 0.1) is 13.2 Å². The van der Waals surface area contributed by atoms with Crippen molar-refractivity contribution in [3.63, 3.8) is 0 Å². The Hall–Kier alpha value is -1.53. The highest BCUT2D eigenvalue weighted by Crippen LogP contribution is 2.24. The molecule has 1 N–H and O–H groups in total. The molecule has 0 spiro atoms. The molecule has 1 aliphatic rings. The highest BCUT2D eigenvalue weighted by Gasteiger charge is 2.16. The SMILES string of the molecule is COc1ccc(C(C#N)NCC2CCCCC2)cc1. The van der Waals surface area contributed by atoms with Gasteiger partial charge in [0, 0.05) is 0 Å². The molecule has 0 saturated heterocycles. The lowest BCUT2D eigenvalue weighted by atomic mass is 9.89. The number of hydrogen-bond acceptors (Lipinski definition) is 3. The lowest BCUT2D eigenvalue weighted by Crippen LogP contribution is -2.27. The van der Waals surface area contributed by atoms with Gasteiger partial charge in [-0.2, -0.15) is 5.26 Å². The molecule has 2 rings (SSSR count). The van der Waals surface area contributed by atoms with E-state index in [9.17, 15) is 5.26 Å². The van der Waals surface area contributed by atoms with Crippen LogP contribution in [-0.2, 0) is 0 Å². The summed E-state index contributed by atoms with van der Waals surface area (Å²) in [6.45, 7) is 0.949. The van der Waals surface area contributed by atoms with E-state index >= 15 is 0 Å². The number of ether oxygens (including phenoxy) is 1. The molecule has 19 heavy (non-hydrogen) atoms.